The first-order valence-electron chi connectivity index (χ1n) is 48.7. The van der Waals surface area contributed by atoms with Crippen LogP contribution in [0.15, 0.2) is 491 Å². The van der Waals surface area contributed by atoms with Crippen LogP contribution in [-0.2, 0) is 0 Å². The van der Waals surface area contributed by atoms with Gasteiger partial charge >= 0.3 is 0 Å². The minimum Gasteiger partial charge on any atom is -0.309 e. The van der Waals surface area contributed by atoms with Crippen molar-refractivity contribution in [1.29, 1.82) is 15.8 Å². The van der Waals surface area contributed by atoms with Crippen molar-refractivity contribution in [2.24, 2.45) is 0 Å². The summed E-state index contributed by atoms with van der Waals surface area (Å²) in [5.41, 5.74) is 30.3. The monoisotopic (exact) mass is 1830 g/mol. The summed E-state index contributed by atoms with van der Waals surface area (Å²) in [6.07, 6.45) is 0. The van der Waals surface area contributed by atoms with E-state index in [-0.39, 0.29) is 0 Å². The van der Waals surface area contributed by atoms with Crippen molar-refractivity contribution in [1.82, 2.24) is 27.4 Å². The van der Waals surface area contributed by atoms with Gasteiger partial charge in [0.2, 0.25) is 0 Å². The molecule has 0 aliphatic carbocycles. The maximum atomic E-state index is 9.87. The van der Waals surface area contributed by atoms with E-state index in [1.165, 1.54) is 180 Å². The maximum absolute atomic E-state index is 9.87. The van der Waals surface area contributed by atoms with Gasteiger partial charge in [-0.15, -0.1) is 0 Å². The van der Waals surface area contributed by atoms with Gasteiger partial charge in [-0.2, -0.15) is 15.8 Å². The van der Waals surface area contributed by atoms with Crippen LogP contribution in [-0.4, -0.2) is 27.4 Å². The molecule has 144 heavy (non-hydrogen) atoms. The van der Waals surface area contributed by atoms with Gasteiger partial charge in [-0.1, -0.05) is 297 Å². The zero-order chi connectivity index (χ0) is 95.3. The van der Waals surface area contributed by atoms with Crippen LogP contribution in [0.3, 0.4) is 0 Å². The van der Waals surface area contributed by atoms with Crippen molar-refractivity contribution < 1.29 is 0 Å². The van der Waals surface area contributed by atoms with Crippen molar-refractivity contribution in [3.05, 3.63) is 508 Å². The lowest BCUT2D eigenvalue weighted by molar-refractivity contribution is 1.18. The van der Waals surface area contributed by atoms with E-state index >= 15 is 0 Å². The highest BCUT2D eigenvalue weighted by Gasteiger charge is 2.24. The molecule has 0 N–H and O–H groups in total. The molecule has 6 aromatic heterocycles. The minimum absolute atomic E-state index is 0.677. The van der Waals surface area contributed by atoms with Gasteiger partial charge in [0.15, 0.2) is 0 Å². The SMILES string of the molecule is N#Cc1cc2ccc(-n3c4ccccc4c4ccc(-c5ccc6c(c5)c5ccccc5n6-c5ccccc5)cc43)cc2c2ccccc12.N#Cc1ccc2c(ccc3cc(-n4c5ccccc5c5ccc(-c6ccc7c(c6)c6ccccc6n7-c6ccccc6)cc54)ccc32)c1.N#Cc1ccc2c(ccc3ccc(-n4c5ccccc5c5ccc(-c6ccc7c(c6)c6ccccc6n7-c6ccccc6)cc54)cc32)c1. The number of nitrogens with zero attached hydrogens (tertiary/aromatic N) is 9. The van der Waals surface area contributed by atoms with Crippen LogP contribution < -0.4 is 0 Å². The Bertz CT molecular complexity index is 10800. The lowest BCUT2D eigenvalue weighted by Crippen LogP contribution is -1.95. The number of nitriles is 3. The Hall–Kier alpha value is -19.9. The smallest absolute Gasteiger partial charge is 0.0998 e. The predicted octanol–water partition coefficient (Wildman–Crippen LogP) is 35.2. The van der Waals surface area contributed by atoms with Gasteiger partial charge in [0.05, 0.1) is 101 Å². The van der Waals surface area contributed by atoms with E-state index in [4.69, 9.17) is 0 Å². The number of para-hydroxylation sites is 9. The highest BCUT2D eigenvalue weighted by molar-refractivity contribution is 6.20. The number of fused-ring (bicyclic) bond motifs is 27. The highest BCUT2D eigenvalue weighted by atomic mass is 15.0. The fourth-order valence-electron chi connectivity index (χ4n) is 23.2. The van der Waals surface area contributed by atoms with E-state index in [1.807, 2.05) is 42.5 Å². The Balaban J connectivity index is 0.000000105. The van der Waals surface area contributed by atoms with Gasteiger partial charge < -0.3 is 27.4 Å². The van der Waals surface area contributed by atoms with Gasteiger partial charge in [-0.25, -0.2) is 0 Å². The Morgan fingerprint density at radius 3 is 0.743 bits per heavy atom. The van der Waals surface area contributed by atoms with Gasteiger partial charge in [0, 0.05) is 104 Å². The molecule has 30 aromatic rings. The molecule has 0 unspecified atom stereocenters. The summed E-state index contributed by atoms with van der Waals surface area (Å²) in [6.45, 7) is 0. The lowest BCUT2D eigenvalue weighted by atomic mass is 9.97. The summed E-state index contributed by atoms with van der Waals surface area (Å²) in [7, 11) is 0. The second kappa shape index (κ2) is 33.2. The molecule has 0 radical (unpaired) electrons. The van der Waals surface area contributed by atoms with E-state index in [0.717, 1.165) is 82.7 Å². The Labute approximate surface area is 826 Å². The van der Waals surface area contributed by atoms with Crippen molar-refractivity contribution in [2.75, 3.05) is 0 Å². The van der Waals surface area contributed by atoms with E-state index < -0.39 is 0 Å². The number of rotatable bonds is 9. The molecule has 30 rings (SSSR count). The molecule has 0 atom stereocenters. The fourth-order valence-corrected chi connectivity index (χ4v) is 23.2. The molecule has 9 heteroatoms. The second-order valence-corrected chi connectivity index (χ2v) is 37.5. The molecule has 0 aliphatic heterocycles. The zero-order valence-electron chi connectivity index (χ0n) is 77.8. The first-order chi connectivity index (χ1) is 71.3. The summed E-state index contributed by atoms with van der Waals surface area (Å²) in [6, 6.07) is 183. The largest absolute Gasteiger partial charge is 0.309 e. The normalized spacial score (nSPS) is 11.7. The predicted molar refractivity (Wildman–Crippen MR) is 601 cm³/mol. The fraction of sp³-hybridized carbons (Fsp3) is 0. The molecule has 0 fully saturated rings. The van der Waals surface area contributed by atoms with Crippen LogP contribution in [0.2, 0.25) is 0 Å². The summed E-state index contributed by atoms with van der Waals surface area (Å²) >= 11 is 0. The number of hydrogen-bond acceptors (Lipinski definition) is 3. The first kappa shape index (κ1) is 82.4. The van der Waals surface area contributed by atoms with Gasteiger partial charge in [0.25, 0.3) is 0 Å². The average Bonchev–Trinajstić information content (AvgIpc) is 1.63. The Morgan fingerprint density at radius 2 is 0.368 bits per heavy atom. The van der Waals surface area contributed by atoms with E-state index in [9.17, 15) is 15.8 Å². The van der Waals surface area contributed by atoms with Crippen LogP contribution in [0, 0.1) is 34.0 Å². The molecule has 9 nitrogen and oxygen atoms in total. The van der Waals surface area contributed by atoms with Crippen LogP contribution in [0.5, 0.6) is 0 Å². The van der Waals surface area contributed by atoms with E-state index in [2.05, 4.69) is 495 Å². The van der Waals surface area contributed by atoms with Gasteiger partial charge in [0.1, 0.15) is 0 Å². The second-order valence-electron chi connectivity index (χ2n) is 37.5. The first-order valence-corrected chi connectivity index (χ1v) is 48.7. The quantitative estimate of drug-likeness (QED) is 0.135. The van der Waals surface area contributed by atoms with Crippen LogP contribution >= 0.6 is 0 Å². The molecular formula is C135H81N9. The summed E-state index contributed by atoms with van der Waals surface area (Å²) in [4.78, 5) is 0. The third kappa shape index (κ3) is 13.2. The van der Waals surface area contributed by atoms with Gasteiger partial charge in [-0.3, -0.25) is 0 Å². The van der Waals surface area contributed by atoms with Crippen LogP contribution in [0.4, 0.5) is 0 Å². The molecule has 0 amide bonds. The lowest BCUT2D eigenvalue weighted by Gasteiger charge is -2.12. The van der Waals surface area contributed by atoms with Crippen molar-refractivity contribution >= 4 is 195 Å². The van der Waals surface area contributed by atoms with E-state index in [0.29, 0.717) is 16.7 Å². The summed E-state index contributed by atoms with van der Waals surface area (Å²) < 4.78 is 14.3. The maximum Gasteiger partial charge on any atom is 0.0998 e. The van der Waals surface area contributed by atoms with Crippen LogP contribution in [0.1, 0.15) is 16.7 Å². The van der Waals surface area contributed by atoms with E-state index in [1.54, 1.807) is 0 Å². The third-order valence-electron chi connectivity index (χ3n) is 29.7. The highest BCUT2D eigenvalue weighted by Crippen LogP contribution is 2.46. The summed E-state index contributed by atoms with van der Waals surface area (Å²) in [5.74, 6) is 0. The molecule has 0 saturated carbocycles. The topological polar surface area (TPSA) is 101 Å². The number of benzene rings is 24. The molecule has 0 bridgehead atoms. The molecule has 0 spiro atoms. The third-order valence-corrected chi connectivity index (χ3v) is 29.7. The van der Waals surface area contributed by atoms with Crippen molar-refractivity contribution in [3.63, 3.8) is 0 Å². The van der Waals surface area contributed by atoms with Crippen molar-refractivity contribution in [2.45, 2.75) is 0 Å². The molecular weight excluding hydrogens is 1750 g/mol. The minimum atomic E-state index is 0.677. The average molecular weight is 1830 g/mol. The summed E-state index contributed by atoms with van der Waals surface area (Å²) in [5, 5.41) is 57.1. The molecule has 0 aliphatic rings. The van der Waals surface area contributed by atoms with Crippen LogP contribution in [0.25, 0.3) is 263 Å². The molecule has 24 aromatic carbocycles. The molecule has 6 heterocycles. The Kier molecular flexibility index (Phi) is 19.0. The van der Waals surface area contributed by atoms with Gasteiger partial charge in [-0.05, 0) is 287 Å². The molecule has 666 valence electrons. The number of aromatic nitrogens is 6. The number of hydrogen-bond donors (Lipinski definition) is 0. The standard InChI is InChI=1S/3C45H27N3/c46-28-29-14-21-36-33(24-29)16-15-30-17-20-35(27-40(30)36)48-42-12-6-4-10-37(42)39-22-18-32(26-45(39)48)31-19-23-44-41(25-31)38-11-5-7-13-43(38)47(44)34-8-2-1-3-9-34;46-28-29-14-20-36-32(24-29)15-16-33-25-35(19-22-37(33)36)48-42-12-6-4-10-38(42)40-21-17-31(27-45(40)48)30-18-23-44-41(26-30)39-11-5-7-13-43(39)47(44)34-8-2-1-3-9-34;46-28-32-24-31-18-21-34(27-40(31)36-13-5-4-12-35(32)36)48-42-16-8-6-14-37(42)39-22-19-30(26-45(39)48)29-20-23-44-41(25-29)38-15-7-9-17-43(38)47(44)33-10-2-1-3-11-33/h3*1-27H. The van der Waals surface area contributed by atoms with Crippen molar-refractivity contribution in [3.8, 4) is 85.7 Å². The zero-order valence-corrected chi connectivity index (χ0v) is 77.8. The Morgan fingerprint density at radius 1 is 0.125 bits per heavy atom. The molecule has 0 saturated heterocycles.